The van der Waals surface area contributed by atoms with E-state index in [1.807, 2.05) is 13.0 Å². The van der Waals surface area contributed by atoms with E-state index in [9.17, 15) is 9.18 Å². The third kappa shape index (κ3) is 3.08. The van der Waals surface area contributed by atoms with Gasteiger partial charge in [0.2, 0.25) is 0 Å². The molecule has 1 unspecified atom stereocenters. The van der Waals surface area contributed by atoms with Crippen LogP contribution >= 0.6 is 11.6 Å². The van der Waals surface area contributed by atoms with Crippen LogP contribution in [0.15, 0.2) is 42.5 Å². The molecule has 0 saturated carbocycles. The van der Waals surface area contributed by atoms with Crippen LogP contribution in [0.2, 0.25) is 5.02 Å². The van der Waals surface area contributed by atoms with Crippen LogP contribution in [0.4, 0.5) is 10.1 Å². The van der Waals surface area contributed by atoms with Crippen molar-refractivity contribution in [3.8, 4) is 0 Å². The fraction of sp³-hybridized carbons (Fsp3) is 0.133. The molecule has 0 aliphatic carbocycles. The molecule has 1 amide bonds. The number of carbonyl (C=O) groups excluding carboxylic acids is 1. The van der Waals surface area contributed by atoms with E-state index in [1.54, 1.807) is 18.2 Å². The summed E-state index contributed by atoms with van der Waals surface area (Å²) in [7, 11) is 0. The Morgan fingerprint density at radius 3 is 2.70 bits per heavy atom. The van der Waals surface area contributed by atoms with Crippen molar-refractivity contribution in [3.63, 3.8) is 0 Å². The number of hydrogen-bond donors (Lipinski definition) is 2. The monoisotopic (exact) mass is 292 g/mol. The van der Waals surface area contributed by atoms with Gasteiger partial charge in [-0.2, -0.15) is 0 Å². The number of nitrogen functional groups attached to an aromatic ring is 1. The zero-order valence-electron chi connectivity index (χ0n) is 10.9. The molecule has 3 nitrogen and oxygen atoms in total. The molecule has 2 aromatic carbocycles. The maximum atomic E-state index is 13.3. The molecule has 0 saturated heterocycles. The standard InChI is InChI=1S/C15H14ClFN2O/c1-9(10-4-2-5-11(16)8-10)19-15(20)12-6-3-7-13(17)14(12)18/h2-9H,18H2,1H3,(H,19,20). The van der Waals surface area contributed by atoms with Gasteiger partial charge < -0.3 is 11.1 Å². The van der Waals surface area contributed by atoms with E-state index < -0.39 is 11.7 Å². The molecule has 2 aromatic rings. The molecule has 0 heterocycles. The van der Waals surface area contributed by atoms with Gasteiger partial charge in [0.15, 0.2) is 0 Å². The number of carbonyl (C=O) groups is 1. The van der Waals surface area contributed by atoms with E-state index >= 15 is 0 Å². The molecular weight excluding hydrogens is 279 g/mol. The Labute approximate surface area is 121 Å². The molecule has 104 valence electrons. The van der Waals surface area contributed by atoms with Crippen LogP contribution in [0.1, 0.15) is 28.9 Å². The minimum Gasteiger partial charge on any atom is -0.396 e. The maximum Gasteiger partial charge on any atom is 0.253 e. The van der Waals surface area contributed by atoms with E-state index in [2.05, 4.69) is 5.32 Å². The zero-order valence-corrected chi connectivity index (χ0v) is 11.6. The van der Waals surface area contributed by atoms with Gasteiger partial charge in [-0.15, -0.1) is 0 Å². The van der Waals surface area contributed by atoms with Crippen molar-refractivity contribution in [2.45, 2.75) is 13.0 Å². The Morgan fingerprint density at radius 1 is 1.30 bits per heavy atom. The first-order valence-corrected chi connectivity index (χ1v) is 6.47. The average Bonchev–Trinajstić information content (AvgIpc) is 2.41. The first-order valence-electron chi connectivity index (χ1n) is 6.09. The van der Waals surface area contributed by atoms with Crippen molar-refractivity contribution in [3.05, 3.63) is 64.4 Å². The predicted octanol–water partition coefficient (Wildman–Crippen LogP) is 3.55. The number of hydrogen-bond acceptors (Lipinski definition) is 2. The fourth-order valence-electron chi connectivity index (χ4n) is 1.87. The lowest BCUT2D eigenvalue weighted by atomic mass is 10.1. The molecule has 3 N–H and O–H groups in total. The van der Waals surface area contributed by atoms with Gasteiger partial charge in [-0.05, 0) is 36.8 Å². The molecule has 0 fully saturated rings. The number of nitrogens with two attached hydrogens (primary N) is 1. The minimum atomic E-state index is -0.604. The summed E-state index contributed by atoms with van der Waals surface area (Å²) in [6, 6.07) is 11.1. The number of benzene rings is 2. The van der Waals surface area contributed by atoms with Crippen molar-refractivity contribution in [2.24, 2.45) is 0 Å². The van der Waals surface area contributed by atoms with E-state index in [-0.39, 0.29) is 17.3 Å². The van der Waals surface area contributed by atoms with Crippen molar-refractivity contribution in [1.82, 2.24) is 5.32 Å². The second-order valence-electron chi connectivity index (χ2n) is 4.45. The fourth-order valence-corrected chi connectivity index (χ4v) is 2.07. The van der Waals surface area contributed by atoms with Crippen LogP contribution in [0.3, 0.4) is 0 Å². The smallest absolute Gasteiger partial charge is 0.253 e. The second kappa shape index (κ2) is 5.92. The predicted molar refractivity (Wildman–Crippen MR) is 78.1 cm³/mol. The van der Waals surface area contributed by atoms with Crippen LogP contribution in [-0.2, 0) is 0 Å². The topological polar surface area (TPSA) is 55.1 Å². The van der Waals surface area contributed by atoms with Gasteiger partial charge in [0.05, 0.1) is 17.3 Å². The van der Waals surface area contributed by atoms with E-state index in [4.69, 9.17) is 17.3 Å². The lowest BCUT2D eigenvalue weighted by molar-refractivity contribution is 0.0940. The van der Waals surface area contributed by atoms with Gasteiger partial charge >= 0.3 is 0 Å². The van der Waals surface area contributed by atoms with Gasteiger partial charge in [-0.1, -0.05) is 29.8 Å². The van der Waals surface area contributed by atoms with E-state index in [0.717, 1.165) is 5.56 Å². The number of halogens is 2. The highest BCUT2D eigenvalue weighted by Crippen LogP contribution is 2.20. The zero-order chi connectivity index (χ0) is 14.7. The van der Waals surface area contributed by atoms with Crippen LogP contribution in [-0.4, -0.2) is 5.91 Å². The molecule has 0 spiro atoms. The van der Waals surface area contributed by atoms with Crippen LogP contribution < -0.4 is 11.1 Å². The largest absolute Gasteiger partial charge is 0.396 e. The highest BCUT2D eigenvalue weighted by Gasteiger charge is 2.15. The van der Waals surface area contributed by atoms with Gasteiger partial charge in [-0.3, -0.25) is 4.79 Å². The summed E-state index contributed by atoms with van der Waals surface area (Å²) in [6.45, 7) is 1.82. The normalized spacial score (nSPS) is 11.9. The summed E-state index contributed by atoms with van der Waals surface area (Å²) >= 11 is 5.91. The molecule has 0 aliphatic heterocycles. The van der Waals surface area contributed by atoms with Crippen molar-refractivity contribution < 1.29 is 9.18 Å². The third-order valence-electron chi connectivity index (χ3n) is 2.99. The Bertz CT molecular complexity index is 646. The molecule has 0 aromatic heterocycles. The quantitative estimate of drug-likeness (QED) is 0.850. The molecule has 2 rings (SSSR count). The molecular formula is C15H14ClFN2O. The number of anilines is 1. The molecule has 0 bridgehead atoms. The van der Waals surface area contributed by atoms with Gasteiger partial charge in [-0.25, -0.2) is 4.39 Å². The lowest BCUT2D eigenvalue weighted by Gasteiger charge is -2.15. The van der Waals surface area contributed by atoms with E-state index in [0.29, 0.717) is 5.02 Å². The molecule has 0 radical (unpaired) electrons. The maximum absolute atomic E-state index is 13.3. The average molecular weight is 293 g/mol. The first kappa shape index (κ1) is 14.3. The summed E-state index contributed by atoms with van der Waals surface area (Å²) in [5.74, 6) is -1.03. The van der Waals surface area contributed by atoms with Crippen LogP contribution in [0.25, 0.3) is 0 Å². The third-order valence-corrected chi connectivity index (χ3v) is 3.23. The lowest BCUT2D eigenvalue weighted by Crippen LogP contribution is -2.27. The van der Waals surface area contributed by atoms with Gasteiger partial charge in [0.1, 0.15) is 5.82 Å². The van der Waals surface area contributed by atoms with Crippen LogP contribution in [0.5, 0.6) is 0 Å². The Hall–Kier alpha value is -2.07. The summed E-state index contributed by atoms with van der Waals surface area (Å²) in [5, 5.41) is 3.36. The number of rotatable bonds is 3. The number of nitrogens with one attached hydrogen (secondary N) is 1. The summed E-state index contributed by atoms with van der Waals surface area (Å²) < 4.78 is 13.3. The molecule has 5 heteroatoms. The number of para-hydroxylation sites is 1. The van der Waals surface area contributed by atoms with Crippen molar-refractivity contribution in [2.75, 3.05) is 5.73 Å². The first-order chi connectivity index (χ1) is 9.49. The molecule has 1 atom stereocenters. The molecule has 20 heavy (non-hydrogen) atoms. The minimum absolute atomic E-state index is 0.124. The van der Waals surface area contributed by atoms with Gasteiger partial charge in [0.25, 0.3) is 5.91 Å². The summed E-state index contributed by atoms with van der Waals surface area (Å²) in [5.41, 5.74) is 6.40. The van der Waals surface area contributed by atoms with Crippen molar-refractivity contribution >= 4 is 23.2 Å². The Morgan fingerprint density at radius 2 is 2.00 bits per heavy atom. The highest BCUT2D eigenvalue weighted by molar-refractivity contribution is 6.30. The SMILES string of the molecule is CC(NC(=O)c1cccc(F)c1N)c1cccc(Cl)c1. The number of amides is 1. The van der Waals surface area contributed by atoms with Gasteiger partial charge in [0, 0.05) is 5.02 Å². The highest BCUT2D eigenvalue weighted by atomic mass is 35.5. The van der Waals surface area contributed by atoms with E-state index in [1.165, 1.54) is 18.2 Å². The van der Waals surface area contributed by atoms with Crippen LogP contribution in [0, 0.1) is 5.82 Å². The Balaban J connectivity index is 2.17. The molecule has 0 aliphatic rings. The summed E-state index contributed by atoms with van der Waals surface area (Å²) in [4.78, 5) is 12.1. The Kier molecular flexibility index (Phi) is 4.25. The second-order valence-corrected chi connectivity index (χ2v) is 4.89. The summed E-state index contributed by atoms with van der Waals surface area (Å²) in [6.07, 6.45) is 0. The van der Waals surface area contributed by atoms with Crippen molar-refractivity contribution in [1.29, 1.82) is 0 Å².